The quantitative estimate of drug-likeness (QED) is 0.318. The number of rotatable bonds is 5. The number of hydrogen-bond donors (Lipinski definition) is 0. The summed E-state index contributed by atoms with van der Waals surface area (Å²) in [6.07, 6.45) is 0.895. The maximum atomic E-state index is 10.9. The van der Waals surface area contributed by atoms with E-state index in [1.54, 1.807) is 6.92 Å². The van der Waals surface area contributed by atoms with Gasteiger partial charge in [0, 0.05) is 5.57 Å². The van der Waals surface area contributed by atoms with Crippen molar-refractivity contribution in [3.63, 3.8) is 0 Å². The molecule has 0 atom stereocenters. The van der Waals surface area contributed by atoms with Crippen LogP contribution < -0.4 is 0 Å². The first-order valence-corrected chi connectivity index (χ1v) is 5.81. The molecule has 0 aliphatic rings. The molecular formula is C8H12Cl2O2Si. The fourth-order valence-electron chi connectivity index (χ4n) is 0.455. The minimum Gasteiger partial charge on any atom is -0.467 e. The highest BCUT2D eigenvalue weighted by molar-refractivity contribution is 6.72. The molecule has 0 aromatic carbocycles. The molecule has 0 bridgehead atoms. The summed E-state index contributed by atoms with van der Waals surface area (Å²) in [5.74, 6) is -0.396. The minimum absolute atomic E-state index is 0.191. The lowest BCUT2D eigenvalue weighted by atomic mass is 10.4. The zero-order valence-corrected chi connectivity index (χ0v) is 10.2. The Hall–Kier alpha value is 0.00688. The fraction of sp³-hybridized carbons (Fsp3) is 0.625. The highest BCUT2D eigenvalue weighted by atomic mass is 35.5. The van der Waals surface area contributed by atoms with Crippen LogP contribution in [0.5, 0.6) is 0 Å². The standard InChI is InChI=1S/C8H12Cl2O2Si/c1-4-8(9,10)13-5-12-7(11)6(2)3/h2,4-5H2,1,3H3. The van der Waals surface area contributed by atoms with Gasteiger partial charge in [-0.2, -0.15) is 0 Å². The second-order valence-corrected chi connectivity index (χ2v) is 6.20. The van der Waals surface area contributed by atoms with Crippen molar-refractivity contribution in [3.8, 4) is 0 Å². The Morgan fingerprint density at radius 3 is 2.54 bits per heavy atom. The van der Waals surface area contributed by atoms with E-state index in [1.807, 2.05) is 6.92 Å². The third kappa shape index (κ3) is 6.13. The Bertz CT molecular complexity index is 204. The predicted molar refractivity (Wildman–Crippen MR) is 56.3 cm³/mol. The van der Waals surface area contributed by atoms with Crippen molar-refractivity contribution >= 4 is 38.7 Å². The van der Waals surface area contributed by atoms with Gasteiger partial charge in [-0.1, -0.05) is 13.5 Å². The number of esters is 1. The Morgan fingerprint density at radius 1 is 1.62 bits per heavy atom. The molecule has 0 aromatic heterocycles. The first-order valence-electron chi connectivity index (χ1n) is 3.84. The molecule has 74 valence electrons. The molecule has 13 heavy (non-hydrogen) atoms. The molecule has 2 radical (unpaired) electrons. The summed E-state index contributed by atoms with van der Waals surface area (Å²) in [7, 11) is 0.191. The van der Waals surface area contributed by atoms with Crippen molar-refractivity contribution in [1.29, 1.82) is 0 Å². The minimum atomic E-state index is -0.768. The second kappa shape index (κ2) is 5.68. The van der Waals surface area contributed by atoms with Gasteiger partial charge in [0.2, 0.25) is 0 Å². The Kier molecular flexibility index (Phi) is 5.68. The number of alkyl halides is 2. The summed E-state index contributed by atoms with van der Waals surface area (Å²) < 4.78 is 4.08. The van der Waals surface area contributed by atoms with Gasteiger partial charge in [0.1, 0.15) is 13.5 Å². The van der Waals surface area contributed by atoms with Gasteiger partial charge in [-0.3, -0.25) is 0 Å². The molecule has 0 aromatic rings. The predicted octanol–water partition coefficient (Wildman–Crippen LogP) is 2.31. The lowest BCUT2D eigenvalue weighted by Gasteiger charge is -2.15. The molecule has 0 rings (SSSR count). The molecule has 5 heteroatoms. The van der Waals surface area contributed by atoms with Crippen LogP contribution in [0.4, 0.5) is 0 Å². The maximum absolute atomic E-state index is 10.9. The van der Waals surface area contributed by atoms with Crippen LogP contribution in [0.3, 0.4) is 0 Å². The third-order valence-corrected chi connectivity index (χ3v) is 3.82. The topological polar surface area (TPSA) is 26.3 Å². The molecule has 0 aliphatic carbocycles. The first kappa shape index (κ1) is 13.0. The molecule has 0 aliphatic heterocycles. The van der Waals surface area contributed by atoms with Crippen molar-refractivity contribution < 1.29 is 9.53 Å². The van der Waals surface area contributed by atoms with E-state index in [2.05, 4.69) is 6.58 Å². The third-order valence-electron chi connectivity index (χ3n) is 1.33. The Morgan fingerprint density at radius 2 is 2.15 bits per heavy atom. The average molecular weight is 239 g/mol. The van der Waals surface area contributed by atoms with Crippen LogP contribution in [-0.2, 0) is 9.53 Å². The number of halogens is 2. The molecule has 0 N–H and O–H groups in total. The van der Waals surface area contributed by atoms with Gasteiger partial charge < -0.3 is 4.74 Å². The van der Waals surface area contributed by atoms with Crippen LogP contribution in [0, 0.1) is 0 Å². The highest BCUT2D eigenvalue weighted by Gasteiger charge is 2.22. The fourth-order valence-corrected chi connectivity index (χ4v) is 1.45. The smallest absolute Gasteiger partial charge is 0.332 e. The van der Waals surface area contributed by atoms with E-state index < -0.39 is 9.93 Å². The van der Waals surface area contributed by atoms with Crippen LogP contribution in [0.2, 0.25) is 0 Å². The molecular weight excluding hydrogens is 227 g/mol. The van der Waals surface area contributed by atoms with Crippen molar-refractivity contribution in [3.05, 3.63) is 12.2 Å². The zero-order valence-electron chi connectivity index (χ0n) is 7.69. The molecule has 0 heterocycles. The van der Waals surface area contributed by atoms with Gasteiger partial charge in [-0.25, -0.2) is 4.79 Å². The van der Waals surface area contributed by atoms with E-state index in [4.69, 9.17) is 27.9 Å². The summed E-state index contributed by atoms with van der Waals surface area (Å²) in [5.41, 5.74) is 0.385. The number of ether oxygens (including phenoxy) is 1. The molecule has 2 nitrogen and oxygen atoms in total. The monoisotopic (exact) mass is 238 g/mol. The van der Waals surface area contributed by atoms with Crippen LogP contribution >= 0.6 is 23.2 Å². The van der Waals surface area contributed by atoms with Crippen molar-refractivity contribution in [1.82, 2.24) is 0 Å². The Labute approximate surface area is 91.1 Å². The molecule has 0 amide bonds. The van der Waals surface area contributed by atoms with Gasteiger partial charge >= 0.3 is 5.97 Å². The van der Waals surface area contributed by atoms with E-state index in [1.165, 1.54) is 0 Å². The van der Waals surface area contributed by atoms with Crippen LogP contribution in [0.25, 0.3) is 0 Å². The molecule has 0 spiro atoms. The largest absolute Gasteiger partial charge is 0.467 e. The van der Waals surface area contributed by atoms with Crippen molar-refractivity contribution in [2.24, 2.45) is 0 Å². The summed E-state index contributed by atoms with van der Waals surface area (Å²) >= 11 is 11.7. The van der Waals surface area contributed by atoms with E-state index in [9.17, 15) is 4.79 Å². The number of hydrogen-bond acceptors (Lipinski definition) is 2. The maximum Gasteiger partial charge on any atom is 0.332 e. The molecule has 0 saturated carbocycles. The summed E-state index contributed by atoms with van der Waals surface area (Å²) in [5, 5.41) is 0. The summed E-state index contributed by atoms with van der Waals surface area (Å²) in [6, 6.07) is 0. The van der Waals surface area contributed by atoms with Gasteiger partial charge in [0.05, 0.1) is 6.23 Å². The lowest BCUT2D eigenvalue weighted by molar-refractivity contribution is -0.137. The highest BCUT2D eigenvalue weighted by Crippen LogP contribution is 2.22. The lowest BCUT2D eigenvalue weighted by Crippen LogP contribution is -2.26. The van der Waals surface area contributed by atoms with Crippen molar-refractivity contribution in [2.45, 2.75) is 24.2 Å². The van der Waals surface area contributed by atoms with E-state index in [0.717, 1.165) is 0 Å². The summed E-state index contributed by atoms with van der Waals surface area (Å²) in [4.78, 5) is 10.9. The van der Waals surface area contributed by atoms with Gasteiger partial charge in [0.15, 0.2) is 0 Å². The molecule has 0 unspecified atom stereocenters. The van der Waals surface area contributed by atoms with E-state index in [-0.39, 0.29) is 15.7 Å². The normalized spacial score (nSPS) is 11.1. The van der Waals surface area contributed by atoms with Crippen molar-refractivity contribution in [2.75, 3.05) is 6.23 Å². The van der Waals surface area contributed by atoms with Crippen LogP contribution in [0.1, 0.15) is 20.3 Å². The average Bonchev–Trinajstić information content (AvgIpc) is 2.04. The Balaban J connectivity index is 3.68. The van der Waals surface area contributed by atoms with E-state index >= 15 is 0 Å². The number of carbonyl (C=O) groups excluding carboxylic acids is 1. The van der Waals surface area contributed by atoms with E-state index in [0.29, 0.717) is 12.0 Å². The first-order chi connectivity index (χ1) is 5.89. The van der Waals surface area contributed by atoms with Gasteiger partial charge in [-0.05, 0) is 13.3 Å². The molecule has 0 fully saturated rings. The second-order valence-electron chi connectivity index (χ2n) is 2.59. The zero-order chi connectivity index (χ0) is 10.5. The summed E-state index contributed by atoms with van der Waals surface area (Å²) in [6.45, 7) is 6.93. The van der Waals surface area contributed by atoms with Crippen LogP contribution in [0.15, 0.2) is 12.2 Å². The SMILES string of the molecule is C=C(C)C(=O)OC[Si]C(Cl)(Cl)CC. The van der Waals surface area contributed by atoms with Gasteiger partial charge in [-0.15, -0.1) is 23.2 Å². The molecule has 0 saturated heterocycles. The number of carbonyl (C=O) groups is 1. The van der Waals surface area contributed by atoms with Crippen LogP contribution in [-0.4, -0.2) is 25.7 Å². The van der Waals surface area contributed by atoms with Gasteiger partial charge in [0.25, 0.3) is 0 Å².